The molecule has 2 aliphatic rings. The molecule has 0 unspecified atom stereocenters. The van der Waals surface area contributed by atoms with Crippen molar-refractivity contribution in [1.29, 1.82) is 0 Å². The minimum atomic E-state index is -5.35. The maximum atomic E-state index is 14.6. The highest BCUT2D eigenvalue weighted by Gasteiger charge is 2.48. The summed E-state index contributed by atoms with van der Waals surface area (Å²) in [5.41, 5.74) is 0.321. The third-order valence-corrected chi connectivity index (χ3v) is 10.4. The Bertz CT molecular complexity index is 1960. The summed E-state index contributed by atoms with van der Waals surface area (Å²) in [6.45, 7) is -0.546. The Hall–Kier alpha value is -4.18. The van der Waals surface area contributed by atoms with E-state index in [1.165, 1.54) is 36.3 Å². The summed E-state index contributed by atoms with van der Waals surface area (Å²) >= 11 is 0. The number of anilines is 1. The fraction of sp³-hybridized carbons (Fsp3) is 0.379. The second-order valence-corrected chi connectivity index (χ2v) is 13.0. The smallest absolute Gasteiger partial charge is 0.274 e. The van der Waals surface area contributed by atoms with Crippen molar-refractivity contribution in [2.75, 3.05) is 11.4 Å². The molecule has 238 valence electrons. The first-order valence-corrected chi connectivity index (χ1v) is 15.7. The number of aryl methyl sites for hydroxylation is 1. The molecule has 0 radical (unpaired) electrons. The molecule has 0 bridgehead atoms. The number of carbonyl (C=O) groups excluding carboxylic acids is 1. The van der Waals surface area contributed by atoms with E-state index in [0.29, 0.717) is 20.8 Å². The van der Waals surface area contributed by atoms with Crippen LogP contribution in [0.2, 0.25) is 0 Å². The highest BCUT2D eigenvalue weighted by molar-refractivity contribution is 7.89. The zero-order valence-corrected chi connectivity index (χ0v) is 24.7. The highest BCUT2D eigenvalue weighted by Crippen LogP contribution is 2.35. The van der Waals surface area contributed by atoms with Crippen molar-refractivity contribution in [1.82, 2.24) is 23.6 Å². The average Bonchev–Trinajstić information content (AvgIpc) is 3.48. The van der Waals surface area contributed by atoms with Crippen LogP contribution in [0.4, 0.5) is 27.6 Å². The van der Waals surface area contributed by atoms with Gasteiger partial charge >= 0.3 is 0 Å². The van der Waals surface area contributed by atoms with Crippen molar-refractivity contribution < 1.29 is 35.2 Å². The Labute approximate surface area is 253 Å². The number of imidazole rings is 1. The third-order valence-electron chi connectivity index (χ3n) is 8.47. The zero-order valence-electron chi connectivity index (χ0n) is 23.9. The lowest BCUT2D eigenvalue weighted by atomic mass is 9.95. The predicted octanol–water partition coefficient (Wildman–Crippen LogP) is 4.33. The van der Waals surface area contributed by atoms with Crippen molar-refractivity contribution in [3.8, 4) is 0 Å². The summed E-state index contributed by atoms with van der Waals surface area (Å²) in [6.07, 6.45) is 10.0. The monoisotopic (exact) mass is 650 g/mol. The van der Waals surface area contributed by atoms with Gasteiger partial charge in [-0.05, 0) is 37.5 Å². The summed E-state index contributed by atoms with van der Waals surface area (Å²) in [4.78, 5) is 30.3. The minimum Gasteiger partial charge on any atom is -0.334 e. The van der Waals surface area contributed by atoms with Gasteiger partial charge in [0.1, 0.15) is 6.04 Å². The van der Waals surface area contributed by atoms with E-state index in [0.717, 1.165) is 36.8 Å². The summed E-state index contributed by atoms with van der Waals surface area (Å²) in [7, 11) is -3.87. The van der Waals surface area contributed by atoms with Crippen LogP contribution in [0.1, 0.15) is 50.3 Å². The van der Waals surface area contributed by atoms with Gasteiger partial charge in [-0.2, -0.15) is 9.40 Å². The molecule has 2 fully saturated rings. The van der Waals surface area contributed by atoms with Gasteiger partial charge in [-0.3, -0.25) is 9.59 Å². The number of carbonyl (C=O) groups is 1. The fourth-order valence-electron chi connectivity index (χ4n) is 5.90. The van der Waals surface area contributed by atoms with Gasteiger partial charge in [0.15, 0.2) is 28.2 Å². The molecule has 2 aromatic carbocycles. The van der Waals surface area contributed by atoms with Crippen molar-refractivity contribution in [2.24, 2.45) is 7.05 Å². The van der Waals surface area contributed by atoms with Crippen LogP contribution in [0, 0.1) is 29.1 Å². The van der Waals surface area contributed by atoms with Crippen LogP contribution < -0.4 is 10.5 Å². The fourth-order valence-corrected chi connectivity index (χ4v) is 7.64. The largest absolute Gasteiger partial charge is 0.334 e. The van der Waals surface area contributed by atoms with Gasteiger partial charge in [0.05, 0.1) is 30.1 Å². The molecule has 0 spiro atoms. The highest BCUT2D eigenvalue weighted by atomic mass is 32.2. The maximum Gasteiger partial charge on any atom is 0.274 e. The van der Waals surface area contributed by atoms with E-state index in [4.69, 9.17) is 0 Å². The number of amides is 1. The van der Waals surface area contributed by atoms with Crippen LogP contribution in [-0.4, -0.2) is 50.5 Å². The molecule has 1 saturated carbocycles. The number of fused-ring (bicyclic) bond motifs is 1. The predicted molar refractivity (Wildman–Crippen MR) is 151 cm³/mol. The van der Waals surface area contributed by atoms with Gasteiger partial charge in [-0.1, -0.05) is 19.3 Å². The van der Waals surface area contributed by atoms with Crippen LogP contribution in [-0.2, 0) is 28.4 Å². The molecule has 1 aliphatic heterocycles. The summed E-state index contributed by atoms with van der Waals surface area (Å²) in [6, 6.07) is 3.20. The first kappa shape index (κ1) is 30.8. The van der Waals surface area contributed by atoms with Gasteiger partial charge < -0.3 is 9.47 Å². The lowest BCUT2D eigenvalue weighted by Crippen LogP contribution is -2.59. The lowest BCUT2D eigenvalue weighted by Gasteiger charge is -2.41. The van der Waals surface area contributed by atoms with Crippen LogP contribution in [0.15, 0.2) is 46.6 Å². The first-order valence-electron chi connectivity index (χ1n) is 14.2. The standard InChI is InChI=1S/C29H27F5N6O4S/c1-37-28(41)20-8-7-19(11-16(20)12-36-37)39(14-17-13-38(15-35-17)18-5-3-2-4-6-18)29(42)21-9-10-40(21)45(43,44)27-25(33)23(31)22(30)24(32)26(27)34/h7-8,11-13,15,18,21H,2-6,9-10,14H2,1H3/t21-/m1/s1. The quantitative estimate of drug-likeness (QED) is 0.167. The molecule has 0 N–H and O–H groups in total. The molecule has 2 aromatic heterocycles. The number of aromatic nitrogens is 4. The van der Waals surface area contributed by atoms with Gasteiger partial charge in [0.2, 0.25) is 21.7 Å². The Morgan fingerprint density at radius 3 is 2.29 bits per heavy atom. The molecule has 6 rings (SSSR count). The molecular formula is C29H27F5N6O4S. The minimum absolute atomic E-state index is 0.0871. The molecule has 1 atom stereocenters. The Morgan fingerprint density at radius 1 is 0.978 bits per heavy atom. The van der Waals surface area contributed by atoms with E-state index in [2.05, 4.69) is 10.1 Å². The van der Waals surface area contributed by atoms with Gasteiger partial charge in [0, 0.05) is 36.9 Å². The molecular weight excluding hydrogens is 623 g/mol. The molecule has 1 aliphatic carbocycles. The summed E-state index contributed by atoms with van der Waals surface area (Å²) < 4.78 is 101. The number of sulfonamides is 1. The van der Waals surface area contributed by atoms with Crippen LogP contribution in [0.3, 0.4) is 0 Å². The van der Waals surface area contributed by atoms with Crippen molar-refractivity contribution in [2.45, 2.75) is 62.0 Å². The molecule has 10 nitrogen and oxygen atoms in total. The number of halogens is 5. The second-order valence-electron chi connectivity index (χ2n) is 11.2. The molecule has 1 amide bonds. The Morgan fingerprint density at radius 2 is 1.64 bits per heavy atom. The van der Waals surface area contributed by atoms with Gasteiger partial charge in [-0.25, -0.2) is 40.0 Å². The summed E-state index contributed by atoms with van der Waals surface area (Å²) in [5, 5.41) is 4.71. The van der Waals surface area contributed by atoms with Gasteiger partial charge in [-0.15, -0.1) is 0 Å². The normalized spacial score (nSPS) is 17.9. The number of nitrogens with zero attached hydrogens (tertiary/aromatic N) is 6. The van der Waals surface area contributed by atoms with Crippen molar-refractivity contribution >= 4 is 32.4 Å². The van der Waals surface area contributed by atoms with E-state index in [1.54, 1.807) is 12.5 Å². The molecule has 4 aromatic rings. The second kappa shape index (κ2) is 11.6. The molecule has 3 heterocycles. The average molecular weight is 651 g/mol. The Kier molecular flexibility index (Phi) is 7.97. The number of hydrogen-bond donors (Lipinski definition) is 0. The van der Waals surface area contributed by atoms with E-state index in [9.17, 15) is 40.0 Å². The van der Waals surface area contributed by atoms with E-state index in [-0.39, 0.29) is 30.3 Å². The zero-order chi connectivity index (χ0) is 32.2. The van der Waals surface area contributed by atoms with Crippen molar-refractivity contribution in [3.05, 3.63) is 82.1 Å². The lowest BCUT2D eigenvalue weighted by molar-refractivity contribution is -0.125. The third kappa shape index (κ3) is 5.28. The van der Waals surface area contributed by atoms with E-state index >= 15 is 0 Å². The maximum absolute atomic E-state index is 14.6. The number of rotatable bonds is 7. The summed E-state index contributed by atoms with van der Waals surface area (Å²) in [5.74, 6) is -13.2. The Balaban J connectivity index is 1.37. The number of hydrogen-bond acceptors (Lipinski definition) is 6. The van der Waals surface area contributed by atoms with Gasteiger partial charge in [0.25, 0.3) is 5.56 Å². The number of benzene rings is 2. The topological polar surface area (TPSA) is 110 Å². The van der Waals surface area contributed by atoms with Crippen LogP contribution in [0.25, 0.3) is 10.8 Å². The molecule has 1 saturated heterocycles. The van der Waals surface area contributed by atoms with E-state index in [1.807, 2.05) is 4.57 Å². The van der Waals surface area contributed by atoms with Crippen LogP contribution >= 0.6 is 0 Å². The SMILES string of the molecule is Cn1ncc2cc(N(Cc3cn(C4CCCCC4)cn3)C(=O)[C@H]3CCN3S(=O)(=O)c3c(F)c(F)c(F)c(F)c3F)ccc2c1=O. The van der Waals surface area contributed by atoms with E-state index < -0.39 is 62.5 Å². The van der Waals surface area contributed by atoms with Crippen LogP contribution in [0.5, 0.6) is 0 Å². The molecule has 16 heteroatoms. The molecule has 45 heavy (non-hydrogen) atoms. The van der Waals surface area contributed by atoms with Crippen molar-refractivity contribution in [3.63, 3.8) is 0 Å². The first-order chi connectivity index (χ1) is 21.4.